The number of para-hydroxylation sites is 2. The Bertz CT molecular complexity index is 1300. The Kier molecular flexibility index (Phi) is 5.90. The molecule has 1 aliphatic heterocycles. The zero-order valence-electron chi connectivity index (χ0n) is 17.2. The molecule has 2 heterocycles. The summed E-state index contributed by atoms with van der Waals surface area (Å²) in [5.74, 6) is -0.472. The van der Waals surface area contributed by atoms with Crippen LogP contribution in [0.2, 0.25) is 5.02 Å². The summed E-state index contributed by atoms with van der Waals surface area (Å²) in [4.78, 5) is 37.5. The number of rotatable bonds is 5. The first-order valence-corrected chi connectivity index (χ1v) is 10.9. The molecule has 1 aromatic heterocycles. The van der Waals surface area contributed by atoms with Gasteiger partial charge in [0.2, 0.25) is 0 Å². The molecule has 0 unspecified atom stereocenters. The summed E-state index contributed by atoms with van der Waals surface area (Å²) in [5, 5.41) is 11.4. The fourth-order valence-electron chi connectivity index (χ4n) is 3.71. The molecule has 2 aromatic carbocycles. The molecule has 1 aliphatic rings. The molecule has 1 saturated heterocycles. The minimum atomic E-state index is -0.520. The number of halogens is 1. The number of benzene rings is 2. The average Bonchev–Trinajstić information content (AvgIpc) is 3.18. The number of nitro benzene ring substituents is 1. The van der Waals surface area contributed by atoms with Crippen LogP contribution in [0.4, 0.5) is 10.5 Å². The van der Waals surface area contributed by atoms with Gasteiger partial charge in [0.05, 0.1) is 27.1 Å². The molecule has 0 bridgehead atoms. The summed E-state index contributed by atoms with van der Waals surface area (Å²) in [5.41, 5.74) is 3.60. The number of hydrogen-bond donors (Lipinski definition) is 0. The third-order valence-corrected chi connectivity index (χ3v) is 6.47. The molecular weight excluding hydrogens is 450 g/mol. The number of carbonyl (C=O) groups is 2. The molecular formula is C23H18ClN3O4S. The summed E-state index contributed by atoms with van der Waals surface area (Å²) >= 11 is 7.19. The Morgan fingerprint density at radius 1 is 1.09 bits per heavy atom. The molecule has 7 nitrogen and oxygen atoms in total. The van der Waals surface area contributed by atoms with Crippen molar-refractivity contribution in [2.24, 2.45) is 0 Å². The maximum Gasteiger partial charge on any atom is 0.293 e. The zero-order valence-corrected chi connectivity index (χ0v) is 18.8. The lowest BCUT2D eigenvalue weighted by molar-refractivity contribution is -0.385. The molecule has 4 rings (SSSR count). The van der Waals surface area contributed by atoms with Crippen LogP contribution in [0.15, 0.2) is 59.5 Å². The summed E-state index contributed by atoms with van der Waals surface area (Å²) < 4.78 is 1.99. The lowest BCUT2D eigenvalue weighted by Gasteiger charge is -2.12. The molecule has 0 saturated carbocycles. The maximum atomic E-state index is 13.0. The smallest absolute Gasteiger partial charge is 0.293 e. The molecule has 1 fully saturated rings. The monoisotopic (exact) mass is 467 g/mol. The molecule has 9 heteroatoms. The van der Waals surface area contributed by atoms with Crippen LogP contribution < -0.4 is 0 Å². The third-order valence-electron chi connectivity index (χ3n) is 5.24. The largest absolute Gasteiger partial charge is 0.316 e. The van der Waals surface area contributed by atoms with E-state index in [1.54, 1.807) is 24.3 Å². The number of carbonyl (C=O) groups excluding carboxylic acids is 2. The van der Waals surface area contributed by atoms with Crippen molar-refractivity contribution in [1.29, 1.82) is 0 Å². The Balaban J connectivity index is 1.65. The van der Waals surface area contributed by atoms with Gasteiger partial charge in [0.1, 0.15) is 0 Å². The molecule has 0 aliphatic carbocycles. The molecule has 2 amide bonds. The highest BCUT2D eigenvalue weighted by Crippen LogP contribution is 2.36. The van der Waals surface area contributed by atoms with Gasteiger partial charge < -0.3 is 4.57 Å². The number of imide groups is 1. The van der Waals surface area contributed by atoms with Crippen molar-refractivity contribution in [3.63, 3.8) is 0 Å². The summed E-state index contributed by atoms with van der Waals surface area (Å²) in [7, 11) is 0. The highest BCUT2D eigenvalue weighted by Gasteiger charge is 2.36. The van der Waals surface area contributed by atoms with Crippen molar-refractivity contribution in [2.75, 3.05) is 0 Å². The molecule has 0 N–H and O–H groups in total. The van der Waals surface area contributed by atoms with E-state index in [4.69, 9.17) is 11.6 Å². The van der Waals surface area contributed by atoms with Crippen LogP contribution >= 0.6 is 23.4 Å². The van der Waals surface area contributed by atoms with Gasteiger partial charge in [-0.1, -0.05) is 41.9 Å². The molecule has 3 aromatic rings. The second kappa shape index (κ2) is 8.64. The van der Waals surface area contributed by atoms with Crippen LogP contribution in [0.25, 0.3) is 11.8 Å². The number of thioether (sulfide) groups is 1. The van der Waals surface area contributed by atoms with Crippen LogP contribution in [-0.2, 0) is 11.3 Å². The number of aromatic nitrogens is 1. The van der Waals surface area contributed by atoms with Gasteiger partial charge in [0, 0.05) is 23.0 Å². The number of hydrogen-bond acceptors (Lipinski definition) is 5. The molecule has 0 radical (unpaired) electrons. The van der Waals surface area contributed by atoms with Crippen molar-refractivity contribution in [3.8, 4) is 5.69 Å². The second-order valence-corrected chi connectivity index (χ2v) is 8.67. The van der Waals surface area contributed by atoms with E-state index in [1.165, 1.54) is 6.07 Å². The van der Waals surface area contributed by atoms with Crippen LogP contribution in [0.3, 0.4) is 0 Å². The molecule has 0 atom stereocenters. The van der Waals surface area contributed by atoms with Crippen molar-refractivity contribution >= 4 is 46.3 Å². The van der Waals surface area contributed by atoms with Gasteiger partial charge in [-0.3, -0.25) is 24.6 Å². The van der Waals surface area contributed by atoms with Gasteiger partial charge >= 0.3 is 0 Å². The first-order chi connectivity index (χ1) is 15.3. The summed E-state index contributed by atoms with van der Waals surface area (Å²) in [6.45, 7) is 3.70. The van der Waals surface area contributed by atoms with E-state index < -0.39 is 16.1 Å². The molecule has 32 heavy (non-hydrogen) atoms. The number of aryl methyl sites for hydroxylation is 1. The van der Waals surface area contributed by atoms with Gasteiger partial charge in [-0.05, 0) is 55.4 Å². The predicted molar refractivity (Wildman–Crippen MR) is 125 cm³/mol. The fourth-order valence-corrected chi connectivity index (χ4v) is 4.76. The molecule has 0 spiro atoms. The van der Waals surface area contributed by atoms with E-state index in [1.807, 2.05) is 48.7 Å². The van der Waals surface area contributed by atoms with Crippen LogP contribution in [-0.4, -0.2) is 25.5 Å². The van der Waals surface area contributed by atoms with Crippen molar-refractivity contribution in [3.05, 3.63) is 97.2 Å². The topological polar surface area (TPSA) is 85.5 Å². The van der Waals surface area contributed by atoms with Crippen molar-refractivity contribution < 1.29 is 14.5 Å². The fraction of sp³-hybridized carbons (Fsp3) is 0.130. The van der Waals surface area contributed by atoms with E-state index in [0.29, 0.717) is 10.6 Å². The van der Waals surface area contributed by atoms with Crippen LogP contribution in [0.1, 0.15) is 22.5 Å². The van der Waals surface area contributed by atoms with E-state index in [-0.39, 0.29) is 17.1 Å². The molecule has 162 valence electrons. The first kappa shape index (κ1) is 21.9. The zero-order chi connectivity index (χ0) is 23.0. The van der Waals surface area contributed by atoms with Crippen molar-refractivity contribution in [2.45, 2.75) is 20.4 Å². The van der Waals surface area contributed by atoms with Gasteiger partial charge in [0.25, 0.3) is 16.8 Å². The Hall–Kier alpha value is -3.36. The highest BCUT2D eigenvalue weighted by atomic mass is 35.5. The second-order valence-electron chi connectivity index (χ2n) is 7.27. The minimum Gasteiger partial charge on any atom is -0.316 e. The standard InChI is InChI=1S/C23H18ClN3O4S/c1-14-11-17(15(2)26(14)20-10-6-4-8-18(20)24)12-21-22(28)25(23(29)32-21)13-16-7-3-5-9-19(16)27(30)31/h3-12H,13H2,1-2H3/b21-12-. The van der Waals surface area contributed by atoms with E-state index >= 15 is 0 Å². The first-order valence-electron chi connectivity index (χ1n) is 9.69. The van der Waals surface area contributed by atoms with Crippen molar-refractivity contribution in [1.82, 2.24) is 9.47 Å². The number of nitro groups is 1. The van der Waals surface area contributed by atoms with E-state index in [9.17, 15) is 19.7 Å². The van der Waals surface area contributed by atoms with Gasteiger partial charge in [-0.2, -0.15) is 0 Å². The summed E-state index contributed by atoms with van der Waals surface area (Å²) in [6, 6.07) is 15.5. The number of nitrogens with zero attached hydrogens (tertiary/aromatic N) is 3. The lowest BCUT2D eigenvalue weighted by atomic mass is 10.1. The Morgan fingerprint density at radius 3 is 2.50 bits per heavy atom. The maximum absolute atomic E-state index is 13.0. The number of amides is 2. The average molecular weight is 468 g/mol. The SMILES string of the molecule is Cc1cc(/C=C2\SC(=O)N(Cc3ccccc3[N+](=O)[O-])C2=O)c(C)n1-c1ccccc1Cl. The third kappa shape index (κ3) is 3.94. The predicted octanol–water partition coefficient (Wildman–Crippen LogP) is 5.89. The van der Waals surface area contributed by atoms with Gasteiger partial charge in [-0.25, -0.2) is 0 Å². The minimum absolute atomic E-state index is 0.126. The normalized spacial score (nSPS) is 15.1. The Labute approximate surface area is 193 Å². The van der Waals surface area contributed by atoms with E-state index in [2.05, 4.69) is 0 Å². The van der Waals surface area contributed by atoms with E-state index in [0.717, 1.165) is 39.3 Å². The lowest BCUT2D eigenvalue weighted by Crippen LogP contribution is -2.27. The quantitative estimate of drug-likeness (QED) is 0.265. The summed E-state index contributed by atoms with van der Waals surface area (Å²) in [6.07, 6.45) is 1.68. The van der Waals surface area contributed by atoms with Crippen LogP contribution in [0.5, 0.6) is 0 Å². The Morgan fingerprint density at radius 2 is 1.78 bits per heavy atom. The van der Waals surface area contributed by atoms with Crippen LogP contribution in [0, 0.1) is 24.0 Å². The highest BCUT2D eigenvalue weighted by molar-refractivity contribution is 8.18. The van der Waals surface area contributed by atoms with Gasteiger partial charge in [0.15, 0.2) is 0 Å². The van der Waals surface area contributed by atoms with Gasteiger partial charge in [-0.15, -0.1) is 0 Å².